The molecule has 0 aromatic heterocycles. The van der Waals surface area contributed by atoms with Crippen molar-refractivity contribution in [2.24, 2.45) is 0 Å². The topological polar surface area (TPSA) is 36.9 Å². The summed E-state index contributed by atoms with van der Waals surface area (Å²) in [4.78, 5) is 0. The van der Waals surface area contributed by atoms with Crippen molar-refractivity contribution in [2.45, 2.75) is 38.0 Å². The molecule has 0 heterocycles. The minimum Gasteiger partial charge on any atom is -0.398 e. The van der Waals surface area contributed by atoms with Gasteiger partial charge in [0.1, 0.15) is 0 Å². The summed E-state index contributed by atoms with van der Waals surface area (Å²) in [6.07, 6.45) is 0.962. The Morgan fingerprint density at radius 1 is 0.955 bits per heavy atom. The smallest absolute Gasteiger partial charge is 0.341 e. The molecule has 0 bridgehead atoms. The largest absolute Gasteiger partial charge is 0.398 e. The normalized spacial score (nSPS) is 14.1. The molecule has 0 N–H and O–H groups in total. The molecule has 0 aliphatic rings. The molecular formula is C16H30O4Si2. The second-order valence-electron chi connectivity index (χ2n) is 5.93. The van der Waals surface area contributed by atoms with Crippen LogP contribution < -0.4 is 0 Å². The van der Waals surface area contributed by atoms with E-state index in [-0.39, 0.29) is 5.54 Å². The molecule has 0 aliphatic heterocycles. The molecule has 1 aromatic carbocycles. The van der Waals surface area contributed by atoms with E-state index in [0.717, 1.165) is 12.5 Å². The Morgan fingerprint density at radius 3 is 2.05 bits per heavy atom. The van der Waals surface area contributed by atoms with Crippen LogP contribution in [0.2, 0.25) is 19.1 Å². The van der Waals surface area contributed by atoms with Crippen LogP contribution in [0.5, 0.6) is 0 Å². The molecule has 126 valence electrons. The van der Waals surface area contributed by atoms with E-state index in [2.05, 4.69) is 44.3 Å². The first-order valence-electron chi connectivity index (χ1n) is 7.63. The molecule has 1 atom stereocenters. The van der Waals surface area contributed by atoms with Gasteiger partial charge < -0.3 is 17.7 Å². The van der Waals surface area contributed by atoms with Gasteiger partial charge in [0.05, 0.1) is 0 Å². The van der Waals surface area contributed by atoms with Crippen molar-refractivity contribution in [1.82, 2.24) is 0 Å². The van der Waals surface area contributed by atoms with Crippen molar-refractivity contribution in [2.75, 3.05) is 28.4 Å². The first-order chi connectivity index (χ1) is 10.3. The fourth-order valence-corrected chi connectivity index (χ4v) is 5.39. The van der Waals surface area contributed by atoms with Crippen LogP contribution in [-0.2, 0) is 24.1 Å². The highest BCUT2D eigenvalue weighted by Crippen LogP contribution is 2.28. The van der Waals surface area contributed by atoms with Gasteiger partial charge in [0.2, 0.25) is 0 Å². The molecule has 1 unspecified atom stereocenters. The third kappa shape index (κ3) is 4.74. The highest BCUT2D eigenvalue weighted by Gasteiger charge is 2.37. The second kappa shape index (κ2) is 8.38. The maximum Gasteiger partial charge on any atom is 0.341 e. The summed E-state index contributed by atoms with van der Waals surface area (Å²) in [6, 6.07) is 9.63. The quantitative estimate of drug-likeness (QED) is 0.643. The third-order valence-corrected chi connectivity index (χ3v) is 11.2. The van der Waals surface area contributed by atoms with Gasteiger partial charge in [0, 0.05) is 34.0 Å². The van der Waals surface area contributed by atoms with Gasteiger partial charge in [-0.25, -0.2) is 0 Å². The van der Waals surface area contributed by atoms with Gasteiger partial charge in [-0.15, -0.1) is 0 Å². The van der Waals surface area contributed by atoms with Crippen molar-refractivity contribution < 1.29 is 17.7 Å². The summed E-state index contributed by atoms with van der Waals surface area (Å²) in [5.74, 6) is 0. The Bertz CT molecular complexity index is 459. The van der Waals surface area contributed by atoms with E-state index in [1.165, 1.54) is 11.1 Å². The molecule has 0 fully saturated rings. The minimum absolute atomic E-state index is 0.274. The predicted octanol–water partition coefficient (Wildman–Crippen LogP) is 3.60. The van der Waals surface area contributed by atoms with Crippen LogP contribution in [0.4, 0.5) is 0 Å². The Kier molecular flexibility index (Phi) is 7.44. The molecule has 1 rings (SSSR count). The summed E-state index contributed by atoms with van der Waals surface area (Å²) >= 11 is 0. The molecule has 0 saturated heterocycles. The maximum absolute atomic E-state index is 5.68. The summed E-state index contributed by atoms with van der Waals surface area (Å²) < 4.78 is 22.5. The molecule has 0 spiro atoms. The van der Waals surface area contributed by atoms with E-state index in [1.54, 1.807) is 28.4 Å². The van der Waals surface area contributed by atoms with Crippen LogP contribution in [0.25, 0.3) is 0 Å². The van der Waals surface area contributed by atoms with E-state index in [9.17, 15) is 0 Å². The molecular weight excluding hydrogens is 312 g/mol. The average Bonchev–Trinajstić information content (AvgIpc) is 2.58. The lowest BCUT2D eigenvalue weighted by Gasteiger charge is -2.30. The highest BCUT2D eigenvalue weighted by atomic mass is 28.4. The fourth-order valence-electron chi connectivity index (χ4n) is 2.42. The van der Waals surface area contributed by atoms with E-state index in [1.807, 2.05) is 0 Å². The Labute approximate surface area is 137 Å². The number of aryl methyl sites for hydroxylation is 1. The van der Waals surface area contributed by atoms with Gasteiger partial charge >= 0.3 is 17.1 Å². The van der Waals surface area contributed by atoms with Crippen LogP contribution in [0, 0.1) is 0 Å². The van der Waals surface area contributed by atoms with Crippen LogP contribution >= 0.6 is 0 Å². The first kappa shape index (κ1) is 19.5. The third-order valence-electron chi connectivity index (χ3n) is 4.78. The van der Waals surface area contributed by atoms with Crippen molar-refractivity contribution in [3.63, 3.8) is 0 Å². The number of hydrogen-bond acceptors (Lipinski definition) is 4. The highest BCUT2D eigenvalue weighted by molar-refractivity contribution is 6.67. The van der Waals surface area contributed by atoms with E-state index >= 15 is 0 Å². The lowest BCUT2D eigenvalue weighted by molar-refractivity contribution is 0.240. The SMILES string of the molecule is CO[Si](C)(CCc1cccc(C(C)[Si](C)(OC)OC)c1)OC. The van der Waals surface area contributed by atoms with Crippen LogP contribution in [0.15, 0.2) is 24.3 Å². The number of rotatable bonds is 9. The fraction of sp³-hybridized carbons (Fsp3) is 0.625. The lowest BCUT2D eigenvalue weighted by Crippen LogP contribution is -2.42. The van der Waals surface area contributed by atoms with Gasteiger partial charge in [-0.2, -0.15) is 0 Å². The average molecular weight is 343 g/mol. The van der Waals surface area contributed by atoms with Gasteiger partial charge in [0.15, 0.2) is 0 Å². The van der Waals surface area contributed by atoms with Gasteiger partial charge in [-0.05, 0) is 36.7 Å². The van der Waals surface area contributed by atoms with Crippen molar-refractivity contribution in [3.05, 3.63) is 35.4 Å². The summed E-state index contributed by atoms with van der Waals surface area (Å²) in [7, 11) is 2.76. The van der Waals surface area contributed by atoms with Crippen LogP contribution in [0.3, 0.4) is 0 Å². The predicted molar refractivity (Wildman–Crippen MR) is 94.6 cm³/mol. The molecule has 22 heavy (non-hydrogen) atoms. The Hall–Kier alpha value is -0.506. The summed E-state index contributed by atoms with van der Waals surface area (Å²) in [6.45, 7) is 6.38. The van der Waals surface area contributed by atoms with E-state index < -0.39 is 17.1 Å². The van der Waals surface area contributed by atoms with Crippen LogP contribution in [0.1, 0.15) is 23.6 Å². The Morgan fingerprint density at radius 2 is 1.55 bits per heavy atom. The van der Waals surface area contributed by atoms with Crippen molar-refractivity contribution >= 4 is 17.1 Å². The number of benzene rings is 1. The van der Waals surface area contributed by atoms with Crippen LogP contribution in [-0.4, -0.2) is 45.6 Å². The van der Waals surface area contributed by atoms with Crippen molar-refractivity contribution in [1.29, 1.82) is 0 Å². The second-order valence-corrected chi connectivity index (χ2v) is 13.2. The van der Waals surface area contributed by atoms with Gasteiger partial charge in [-0.3, -0.25) is 0 Å². The molecule has 0 saturated carbocycles. The molecule has 4 nitrogen and oxygen atoms in total. The summed E-state index contributed by atoms with van der Waals surface area (Å²) in [5, 5.41) is 0. The Balaban J connectivity index is 2.86. The molecule has 0 radical (unpaired) electrons. The molecule has 0 amide bonds. The summed E-state index contributed by atoms with van der Waals surface area (Å²) in [5.41, 5.74) is 2.85. The standard InChI is InChI=1S/C16H30O4Si2/c1-14(22(7,19-4)20-5)16-10-8-9-15(13-16)11-12-21(6,17-2)18-3/h8-10,13-14H,11-12H2,1-7H3. The first-order valence-corrected chi connectivity index (χ1v) is 12.6. The molecule has 6 heteroatoms. The minimum atomic E-state index is -2.18. The zero-order valence-corrected chi connectivity index (χ0v) is 16.9. The van der Waals surface area contributed by atoms with E-state index in [4.69, 9.17) is 17.7 Å². The monoisotopic (exact) mass is 342 g/mol. The van der Waals surface area contributed by atoms with Gasteiger partial charge in [-0.1, -0.05) is 31.2 Å². The number of hydrogen-bond donors (Lipinski definition) is 0. The molecule has 1 aromatic rings. The zero-order valence-electron chi connectivity index (χ0n) is 14.9. The lowest BCUT2D eigenvalue weighted by atomic mass is 10.1. The zero-order chi connectivity index (χ0) is 16.8. The van der Waals surface area contributed by atoms with Crippen molar-refractivity contribution in [3.8, 4) is 0 Å². The van der Waals surface area contributed by atoms with E-state index in [0.29, 0.717) is 0 Å². The maximum atomic E-state index is 5.68. The van der Waals surface area contributed by atoms with Gasteiger partial charge in [0.25, 0.3) is 0 Å². The molecule has 0 aliphatic carbocycles.